The van der Waals surface area contributed by atoms with Crippen molar-refractivity contribution in [3.8, 4) is 17.2 Å². The van der Waals surface area contributed by atoms with E-state index in [9.17, 15) is 10.2 Å². The Morgan fingerprint density at radius 1 is 1.00 bits per heavy atom. The Kier molecular flexibility index (Phi) is 3.92. The molecule has 5 heteroatoms. The van der Waals surface area contributed by atoms with Gasteiger partial charge in [-0.15, -0.1) is 0 Å². The number of phenols is 2. The van der Waals surface area contributed by atoms with E-state index in [1.165, 1.54) is 6.07 Å². The number of nitrogens with one attached hydrogen (secondary N) is 2. The van der Waals surface area contributed by atoms with Crippen LogP contribution in [0.15, 0.2) is 42.5 Å². The Labute approximate surface area is 129 Å². The molecule has 0 spiro atoms. The lowest BCUT2D eigenvalue weighted by molar-refractivity contribution is 0.414. The molecule has 5 nitrogen and oxygen atoms in total. The topological polar surface area (TPSA) is 73.8 Å². The molecule has 2 aromatic rings. The summed E-state index contributed by atoms with van der Waals surface area (Å²) in [5, 5.41) is 19.6. The first-order chi connectivity index (χ1) is 10.6. The van der Waals surface area contributed by atoms with E-state index >= 15 is 0 Å². The van der Waals surface area contributed by atoms with Crippen LogP contribution in [-0.2, 0) is 0 Å². The Morgan fingerprint density at radius 2 is 1.73 bits per heavy atom. The van der Waals surface area contributed by atoms with Gasteiger partial charge in [0.1, 0.15) is 17.2 Å². The van der Waals surface area contributed by atoms with Gasteiger partial charge in [0, 0.05) is 23.6 Å². The molecule has 0 amide bonds. The van der Waals surface area contributed by atoms with Crippen molar-refractivity contribution >= 4 is 0 Å². The van der Waals surface area contributed by atoms with Crippen molar-refractivity contribution in [1.82, 2.24) is 10.9 Å². The fraction of sp³-hybridized carbons (Fsp3) is 0.294. The zero-order chi connectivity index (χ0) is 15.7. The molecule has 0 aliphatic carbocycles. The van der Waals surface area contributed by atoms with Crippen LogP contribution in [0.25, 0.3) is 0 Å². The molecule has 1 aliphatic rings. The molecule has 3 unspecified atom stereocenters. The van der Waals surface area contributed by atoms with Gasteiger partial charge in [-0.05, 0) is 30.7 Å². The van der Waals surface area contributed by atoms with E-state index in [4.69, 9.17) is 4.74 Å². The Hall–Kier alpha value is -2.24. The Bertz CT molecular complexity index is 657. The van der Waals surface area contributed by atoms with Crippen LogP contribution in [0.2, 0.25) is 0 Å². The fourth-order valence-electron chi connectivity index (χ4n) is 3.06. The van der Waals surface area contributed by atoms with Gasteiger partial charge in [-0.1, -0.05) is 18.2 Å². The number of methoxy groups -OCH3 is 1. The molecule has 3 atom stereocenters. The number of rotatable bonds is 3. The van der Waals surface area contributed by atoms with Gasteiger partial charge in [-0.25, -0.2) is 5.43 Å². The van der Waals surface area contributed by atoms with Gasteiger partial charge in [0.2, 0.25) is 0 Å². The summed E-state index contributed by atoms with van der Waals surface area (Å²) >= 11 is 0. The van der Waals surface area contributed by atoms with Crippen molar-refractivity contribution in [2.75, 3.05) is 7.11 Å². The molecule has 0 bridgehead atoms. The average molecular weight is 300 g/mol. The summed E-state index contributed by atoms with van der Waals surface area (Å²) in [5.74, 6) is 1.12. The zero-order valence-corrected chi connectivity index (χ0v) is 12.6. The predicted octanol–water partition coefficient (Wildman–Crippen LogP) is 2.43. The summed E-state index contributed by atoms with van der Waals surface area (Å²) in [7, 11) is 1.65. The van der Waals surface area contributed by atoms with Crippen molar-refractivity contribution in [1.29, 1.82) is 0 Å². The van der Waals surface area contributed by atoms with Gasteiger partial charge >= 0.3 is 0 Å². The SMILES string of the molecule is COc1ccc(C2C(C)NNC2c2ccc(O)cc2O)cc1. The number of phenolic OH excluding ortho intramolecular Hbond substituents is 2. The maximum Gasteiger partial charge on any atom is 0.124 e. The van der Waals surface area contributed by atoms with Crippen molar-refractivity contribution in [3.05, 3.63) is 53.6 Å². The highest BCUT2D eigenvalue weighted by Gasteiger charge is 2.36. The van der Waals surface area contributed by atoms with Crippen LogP contribution in [0.3, 0.4) is 0 Å². The molecular formula is C17H20N2O3. The number of hydrazine groups is 1. The molecule has 3 rings (SSSR count). The van der Waals surface area contributed by atoms with Crippen molar-refractivity contribution in [2.24, 2.45) is 0 Å². The van der Waals surface area contributed by atoms with Gasteiger partial charge < -0.3 is 14.9 Å². The monoisotopic (exact) mass is 300 g/mol. The lowest BCUT2D eigenvalue weighted by atomic mass is 9.84. The third-order valence-corrected chi connectivity index (χ3v) is 4.21. The Balaban J connectivity index is 1.96. The van der Waals surface area contributed by atoms with E-state index in [1.807, 2.05) is 24.3 Å². The molecule has 1 fully saturated rings. The van der Waals surface area contributed by atoms with Crippen LogP contribution in [-0.4, -0.2) is 23.4 Å². The summed E-state index contributed by atoms with van der Waals surface area (Å²) in [6.07, 6.45) is 0. The summed E-state index contributed by atoms with van der Waals surface area (Å²) in [5.41, 5.74) is 8.38. The second-order valence-electron chi connectivity index (χ2n) is 5.60. The van der Waals surface area contributed by atoms with Crippen LogP contribution in [0.4, 0.5) is 0 Å². The molecule has 0 radical (unpaired) electrons. The lowest BCUT2D eigenvalue weighted by Crippen LogP contribution is -2.29. The summed E-state index contributed by atoms with van der Waals surface area (Å²) < 4.78 is 5.20. The van der Waals surface area contributed by atoms with E-state index in [0.717, 1.165) is 16.9 Å². The van der Waals surface area contributed by atoms with E-state index in [1.54, 1.807) is 19.2 Å². The lowest BCUT2D eigenvalue weighted by Gasteiger charge is -2.22. The maximum absolute atomic E-state index is 10.1. The standard InChI is InChI=1S/C17H20N2O3/c1-10-16(11-3-6-13(22-2)7-4-11)17(19-18-10)14-8-5-12(20)9-15(14)21/h3-10,16-21H,1-2H3. The smallest absolute Gasteiger partial charge is 0.124 e. The molecule has 0 aromatic heterocycles. The molecule has 2 aromatic carbocycles. The minimum absolute atomic E-state index is 0.0567. The van der Waals surface area contributed by atoms with Crippen LogP contribution >= 0.6 is 0 Å². The number of aromatic hydroxyl groups is 2. The van der Waals surface area contributed by atoms with Gasteiger partial charge in [0.15, 0.2) is 0 Å². The summed E-state index contributed by atoms with van der Waals surface area (Å²) in [4.78, 5) is 0. The quantitative estimate of drug-likeness (QED) is 0.700. The van der Waals surface area contributed by atoms with E-state index in [0.29, 0.717) is 0 Å². The van der Waals surface area contributed by atoms with Gasteiger partial charge in [0.05, 0.1) is 13.2 Å². The number of hydrogen-bond acceptors (Lipinski definition) is 5. The first kappa shape index (κ1) is 14.7. The van der Waals surface area contributed by atoms with E-state index in [-0.39, 0.29) is 29.5 Å². The molecule has 1 aliphatic heterocycles. The second kappa shape index (κ2) is 5.87. The van der Waals surface area contributed by atoms with Crippen LogP contribution < -0.4 is 15.6 Å². The molecule has 4 N–H and O–H groups in total. The molecule has 1 heterocycles. The summed E-state index contributed by atoms with van der Waals surface area (Å²) in [6, 6.07) is 12.8. The molecule has 22 heavy (non-hydrogen) atoms. The van der Waals surface area contributed by atoms with Crippen LogP contribution in [0.5, 0.6) is 17.2 Å². The summed E-state index contributed by atoms with van der Waals surface area (Å²) in [6.45, 7) is 2.10. The maximum atomic E-state index is 10.1. The fourth-order valence-corrected chi connectivity index (χ4v) is 3.06. The number of benzene rings is 2. The van der Waals surface area contributed by atoms with Gasteiger partial charge in [-0.2, -0.15) is 0 Å². The van der Waals surface area contributed by atoms with Crippen LogP contribution in [0.1, 0.15) is 30.0 Å². The highest BCUT2D eigenvalue weighted by atomic mass is 16.5. The zero-order valence-electron chi connectivity index (χ0n) is 12.6. The van der Waals surface area contributed by atoms with Crippen LogP contribution in [0, 0.1) is 0 Å². The largest absolute Gasteiger partial charge is 0.508 e. The molecule has 116 valence electrons. The van der Waals surface area contributed by atoms with Crippen molar-refractivity contribution in [3.63, 3.8) is 0 Å². The minimum atomic E-state index is -0.0796. The molecule has 0 saturated carbocycles. The third kappa shape index (κ3) is 2.61. The molecule has 1 saturated heterocycles. The highest BCUT2D eigenvalue weighted by Crippen LogP contribution is 2.41. The third-order valence-electron chi connectivity index (χ3n) is 4.21. The normalized spacial score (nSPS) is 24.4. The predicted molar refractivity (Wildman–Crippen MR) is 84.0 cm³/mol. The average Bonchev–Trinajstić information content (AvgIpc) is 2.89. The first-order valence-corrected chi connectivity index (χ1v) is 7.27. The highest BCUT2D eigenvalue weighted by molar-refractivity contribution is 5.44. The Morgan fingerprint density at radius 3 is 2.36 bits per heavy atom. The van der Waals surface area contributed by atoms with Gasteiger partial charge in [-0.3, -0.25) is 5.43 Å². The minimum Gasteiger partial charge on any atom is -0.508 e. The first-order valence-electron chi connectivity index (χ1n) is 7.27. The number of hydrogen-bond donors (Lipinski definition) is 4. The number of ether oxygens (including phenoxy) is 1. The second-order valence-corrected chi connectivity index (χ2v) is 5.60. The van der Waals surface area contributed by atoms with Crippen molar-refractivity contribution in [2.45, 2.75) is 24.9 Å². The van der Waals surface area contributed by atoms with Gasteiger partial charge in [0.25, 0.3) is 0 Å². The molecular weight excluding hydrogens is 280 g/mol. The van der Waals surface area contributed by atoms with E-state index < -0.39 is 0 Å². The van der Waals surface area contributed by atoms with Crippen molar-refractivity contribution < 1.29 is 14.9 Å². The van der Waals surface area contributed by atoms with E-state index in [2.05, 4.69) is 17.8 Å².